The molecule has 1 aliphatic heterocycles. The second-order valence-electron chi connectivity index (χ2n) is 6.51. The van der Waals surface area contributed by atoms with Crippen LogP contribution in [0.3, 0.4) is 0 Å². The summed E-state index contributed by atoms with van der Waals surface area (Å²) in [5.41, 5.74) is 6.99. The Kier molecular flexibility index (Phi) is 3.33. The fraction of sp³-hybridized carbons (Fsp3) is 1.00. The Hall–Kier alpha value is -0.0800. The molecule has 0 bridgehead atoms. The summed E-state index contributed by atoms with van der Waals surface area (Å²) in [6.45, 7) is 7.79. The summed E-state index contributed by atoms with van der Waals surface area (Å²) in [6.07, 6.45) is 7.41. The van der Waals surface area contributed by atoms with Gasteiger partial charge in [-0.15, -0.1) is 0 Å². The Bertz CT molecular complexity index is 245. The van der Waals surface area contributed by atoms with Crippen molar-refractivity contribution < 1.29 is 4.74 Å². The van der Waals surface area contributed by atoms with Crippen LogP contribution in [0, 0.1) is 11.3 Å². The van der Waals surface area contributed by atoms with Gasteiger partial charge in [-0.25, -0.2) is 0 Å². The summed E-state index contributed by atoms with van der Waals surface area (Å²) in [4.78, 5) is 0. The smallest absolute Gasteiger partial charge is 0.0685 e. The van der Waals surface area contributed by atoms with Gasteiger partial charge in [-0.3, -0.25) is 0 Å². The van der Waals surface area contributed by atoms with E-state index in [-0.39, 0.29) is 11.0 Å². The minimum absolute atomic E-state index is 0.240. The third-order valence-corrected chi connectivity index (χ3v) is 5.12. The lowest BCUT2D eigenvalue weighted by Gasteiger charge is -2.50. The molecule has 0 aromatic carbocycles. The van der Waals surface area contributed by atoms with Crippen LogP contribution in [0.15, 0.2) is 0 Å². The monoisotopic (exact) mass is 225 g/mol. The average molecular weight is 225 g/mol. The second-order valence-corrected chi connectivity index (χ2v) is 6.51. The van der Waals surface area contributed by atoms with Crippen LogP contribution in [0.5, 0.6) is 0 Å². The Labute approximate surface area is 99.9 Å². The molecule has 2 heteroatoms. The highest BCUT2D eigenvalue weighted by molar-refractivity contribution is 4.98. The summed E-state index contributed by atoms with van der Waals surface area (Å²) in [5.74, 6) is 0.670. The summed E-state index contributed by atoms with van der Waals surface area (Å²) in [6, 6.07) is 0.332. The molecule has 0 amide bonds. The van der Waals surface area contributed by atoms with Crippen LogP contribution in [0.25, 0.3) is 0 Å². The molecule has 2 nitrogen and oxygen atoms in total. The SMILES string of the molecule is CCC(C)(C)C(N)C1CCOC2(CCC2)C1. The number of hydrogen-bond acceptors (Lipinski definition) is 2. The lowest BCUT2D eigenvalue weighted by atomic mass is 9.66. The summed E-state index contributed by atoms with van der Waals surface area (Å²) >= 11 is 0. The maximum atomic E-state index is 6.48. The van der Waals surface area contributed by atoms with E-state index in [9.17, 15) is 0 Å². The second kappa shape index (κ2) is 4.30. The van der Waals surface area contributed by atoms with Crippen molar-refractivity contribution in [1.82, 2.24) is 0 Å². The topological polar surface area (TPSA) is 35.2 Å². The molecule has 0 aromatic heterocycles. The van der Waals surface area contributed by atoms with E-state index in [1.54, 1.807) is 0 Å². The third kappa shape index (κ3) is 2.14. The first kappa shape index (κ1) is 12.4. The predicted octanol–water partition coefficient (Wildman–Crippen LogP) is 3.10. The van der Waals surface area contributed by atoms with E-state index in [0.29, 0.717) is 12.0 Å². The van der Waals surface area contributed by atoms with Crippen molar-refractivity contribution in [3.8, 4) is 0 Å². The number of rotatable bonds is 3. The van der Waals surface area contributed by atoms with Gasteiger partial charge in [-0.2, -0.15) is 0 Å². The first-order chi connectivity index (χ1) is 7.49. The van der Waals surface area contributed by atoms with Crippen molar-refractivity contribution in [3.05, 3.63) is 0 Å². The van der Waals surface area contributed by atoms with Crippen LogP contribution in [-0.4, -0.2) is 18.2 Å². The number of hydrogen-bond donors (Lipinski definition) is 1. The molecule has 1 saturated carbocycles. The molecular formula is C14H27NO. The zero-order valence-electron chi connectivity index (χ0n) is 11.1. The van der Waals surface area contributed by atoms with Crippen LogP contribution in [0.2, 0.25) is 0 Å². The van der Waals surface area contributed by atoms with Crippen molar-refractivity contribution in [1.29, 1.82) is 0 Å². The van der Waals surface area contributed by atoms with E-state index in [1.807, 2.05) is 0 Å². The fourth-order valence-electron chi connectivity index (χ4n) is 3.17. The van der Waals surface area contributed by atoms with Gasteiger partial charge >= 0.3 is 0 Å². The van der Waals surface area contributed by atoms with Gasteiger partial charge in [0.05, 0.1) is 5.60 Å². The molecule has 94 valence electrons. The van der Waals surface area contributed by atoms with Crippen LogP contribution in [0.4, 0.5) is 0 Å². The van der Waals surface area contributed by atoms with Crippen molar-refractivity contribution >= 4 is 0 Å². The standard InChI is InChI=1S/C14H27NO/c1-4-13(2,3)12(15)11-6-9-16-14(10-11)7-5-8-14/h11-12H,4-10,15H2,1-3H3. The molecule has 0 aromatic rings. The normalized spacial score (nSPS) is 31.1. The van der Waals surface area contributed by atoms with Gasteiger partial charge in [0.1, 0.15) is 0 Å². The molecule has 16 heavy (non-hydrogen) atoms. The molecule has 1 saturated heterocycles. The number of ether oxygens (including phenoxy) is 1. The molecular weight excluding hydrogens is 198 g/mol. The van der Waals surface area contributed by atoms with Crippen molar-refractivity contribution in [2.75, 3.05) is 6.61 Å². The molecule has 2 N–H and O–H groups in total. The Morgan fingerprint density at radius 1 is 1.44 bits per heavy atom. The molecule has 1 aliphatic carbocycles. The van der Waals surface area contributed by atoms with Crippen molar-refractivity contribution in [2.45, 2.75) is 70.9 Å². The van der Waals surface area contributed by atoms with Gasteiger partial charge < -0.3 is 10.5 Å². The minimum Gasteiger partial charge on any atom is -0.375 e. The van der Waals surface area contributed by atoms with Gasteiger partial charge in [0.15, 0.2) is 0 Å². The lowest BCUT2D eigenvalue weighted by molar-refractivity contribution is -0.149. The molecule has 2 unspecified atom stereocenters. The van der Waals surface area contributed by atoms with Crippen molar-refractivity contribution in [3.63, 3.8) is 0 Å². The van der Waals surface area contributed by atoms with Gasteiger partial charge in [0.2, 0.25) is 0 Å². The van der Waals surface area contributed by atoms with Gasteiger partial charge in [0.25, 0.3) is 0 Å². The zero-order valence-corrected chi connectivity index (χ0v) is 11.1. The van der Waals surface area contributed by atoms with Crippen LogP contribution in [0.1, 0.15) is 59.3 Å². The molecule has 2 aliphatic rings. The predicted molar refractivity (Wildman–Crippen MR) is 67.3 cm³/mol. The molecule has 1 heterocycles. The quantitative estimate of drug-likeness (QED) is 0.801. The zero-order chi connectivity index (χ0) is 11.8. The minimum atomic E-state index is 0.240. The van der Waals surface area contributed by atoms with Crippen LogP contribution < -0.4 is 5.73 Å². The van der Waals surface area contributed by atoms with Crippen molar-refractivity contribution in [2.24, 2.45) is 17.1 Å². The van der Waals surface area contributed by atoms with Crippen LogP contribution in [-0.2, 0) is 4.74 Å². The summed E-state index contributed by atoms with van der Waals surface area (Å²) < 4.78 is 5.97. The van der Waals surface area contributed by atoms with Gasteiger partial charge in [-0.05, 0) is 49.9 Å². The third-order valence-electron chi connectivity index (χ3n) is 5.12. The maximum Gasteiger partial charge on any atom is 0.0685 e. The molecule has 2 rings (SSSR count). The Balaban J connectivity index is 1.98. The van der Waals surface area contributed by atoms with E-state index in [4.69, 9.17) is 10.5 Å². The highest BCUT2D eigenvalue weighted by Crippen LogP contribution is 2.46. The molecule has 2 atom stereocenters. The molecule has 1 spiro atoms. The van der Waals surface area contributed by atoms with Crippen LogP contribution >= 0.6 is 0 Å². The Morgan fingerprint density at radius 2 is 2.12 bits per heavy atom. The summed E-state index contributed by atoms with van der Waals surface area (Å²) in [7, 11) is 0. The molecule has 2 fully saturated rings. The fourth-order valence-corrected chi connectivity index (χ4v) is 3.17. The first-order valence-corrected chi connectivity index (χ1v) is 6.89. The Morgan fingerprint density at radius 3 is 2.62 bits per heavy atom. The molecule has 0 radical (unpaired) electrons. The highest BCUT2D eigenvalue weighted by Gasteiger charge is 2.45. The van der Waals surface area contributed by atoms with Gasteiger partial charge in [-0.1, -0.05) is 20.8 Å². The largest absolute Gasteiger partial charge is 0.375 e. The number of nitrogens with two attached hydrogens (primary N) is 1. The maximum absolute atomic E-state index is 6.48. The lowest BCUT2D eigenvalue weighted by Crippen LogP contribution is -2.52. The highest BCUT2D eigenvalue weighted by atomic mass is 16.5. The van der Waals surface area contributed by atoms with Gasteiger partial charge in [0, 0.05) is 12.6 Å². The summed E-state index contributed by atoms with van der Waals surface area (Å²) in [5, 5.41) is 0. The van der Waals surface area contributed by atoms with E-state index >= 15 is 0 Å². The first-order valence-electron chi connectivity index (χ1n) is 6.89. The van der Waals surface area contributed by atoms with E-state index in [0.717, 1.165) is 13.0 Å². The van der Waals surface area contributed by atoms with E-state index < -0.39 is 0 Å². The average Bonchev–Trinajstić information content (AvgIpc) is 2.26. The van der Waals surface area contributed by atoms with E-state index in [2.05, 4.69) is 20.8 Å². The van der Waals surface area contributed by atoms with E-state index in [1.165, 1.54) is 32.1 Å².